The van der Waals surface area contributed by atoms with Gasteiger partial charge in [0.15, 0.2) is 0 Å². The summed E-state index contributed by atoms with van der Waals surface area (Å²) < 4.78 is 22.1. The molecular formula is C33H36N2O7S. The second kappa shape index (κ2) is 13.1. The predicted molar refractivity (Wildman–Crippen MR) is 164 cm³/mol. The van der Waals surface area contributed by atoms with Crippen molar-refractivity contribution in [3.8, 4) is 5.75 Å². The lowest BCUT2D eigenvalue weighted by Gasteiger charge is -2.23. The van der Waals surface area contributed by atoms with E-state index in [0.29, 0.717) is 23.3 Å². The maximum Gasteiger partial charge on any atom is 0.356 e. The van der Waals surface area contributed by atoms with Crippen molar-refractivity contribution in [1.82, 2.24) is 10.6 Å². The van der Waals surface area contributed by atoms with Crippen LogP contribution in [0.15, 0.2) is 77.0 Å². The molecule has 0 saturated carbocycles. The molecule has 2 saturated heterocycles. The minimum atomic E-state index is -1.32. The van der Waals surface area contributed by atoms with Crippen molar-refractivity contribution in [3.05, 3.63) is 83.2 Å². The van der Waals surface area contributed by atoms with Gasteiger partial charge in [-0.1, -0.05) is 36.4 Å². The van der Waals surface area contributed by atoms with Gasteiger partial charge in [-0.2, -0.15) is 0 Å². The highest BCUT2D eigenvalue weighted by atomic mass is 32.2. The summed E-state index contributed by atoms with van der Waals surface area (Å²) in [7, 11) is 1.52. The number of methoxy groups -OCH3 is 1. The average molecular weight is 605 g/mol. The molecular weight excluding hydrogens is 568 g/mol. The Hall–Kier alpha value is -4.02. The van der Waals surface area contributed by atoms with E-state index < -0.39 is 29.6 Å². The number of rotatable bonds is 11. The van der Waals surface area contributed by atoms with E-state index in [9.17, 15) is 14.4 Å². The summed E-state index contributed by atoms with van der Waals surface area (Å²) in [5.74, 6) is -0.747. The number of carbonyl (C=O) groups excluding carboxylic acids is 3. The van der Waals surface area contributed by atoms with Crippen LogP contribution in [0.5, 0.6) is 5.75 Å². The van der Waals surface area contributed by atoms with Crippen LogP contribution in [0, 0.1) is 6.92 Å². The van der Waals surface area contributed by atoms with Crippen LogP contribution in [0.2, 0.25) is 0 Å². The fourth-order valence-electron chi connectivity index (χ4n) is 5.08. The first-order valence-electron chi connectivity index (χ1n) is 14.3. The Morgan fingerprint density at radius 1 is 1.12 bits per heavy atom. The van der Waals surface area contributed by atoms with Gasteiger partial charge in [0.1, 0.15) is 17.0 Å². The molecule has 0 spiro atoms. The predicted octanol–water partition coefficient (Wildman–Crippen LogP) is 4.91. The molecule has 2 aliphatic heterocycles. The Bertz CT molecular complexity index is 1550. The summed E-state index contributed by atoms with van der Waals surface area (Å²) in [6.45, 7) is 5.70. The van der Waals surface area contributed by atoms with Gasteiger partial charge in [-0.25, -0.2) is 9.59 Å². The van der Waals surface area contributed by atoms with Crippen molar-refractivity contribution >= 4 is 40.4 Å². The number of esters is 2. The third-order valence-electron chi connectivity index (χ3n) is 7.61. The van der Waals surface area contributed by atoms with Crippen LogP contribution >= 0.6 is 11.8 Å². The molecule has 3 aromatic rings. The number of ether oxygens (including phenoxy) is 4. The summed E-state index contributed by atoms with van der Waals surface area (Å²) in [5, 5.41) is 7.63. The molecule has 0 aliphatic carbocycles. The SMILES string of the molecule is CCOC(=O)/C(NC(=O)[C@@H](OC(=O)c1cc(OC)cc2c(C)cccc12)[C@]1(C)CO1)=C1/CC[C@H](CSc2ccccc2)N1. The minimum Gasteiger partial charge on any atom is -0.497 e. The van der Waals surface area contributed by atoms with Gasteiger partial charge in [0, 0.05) is 22.4 Å². The molecule has 0 unspecified atom stereocenters. The number of hydrogen-bond acceptors (Lipinski definition) is 9. The highest BCUT2D eigenvalue weighted by Gasteiger charge is 2.54. The maximum absolute atomic E-state index is 13.7. The summed E-state index contributed by atoms with van der Waals surface area (Å²) in [6, 6.07) is 19.2. The monoisotopic (exact) mass is 604 g/mol. The number of carbonyl (C=O) groups is 3. The Morgan fingerprint density at radius 2 is 1.88 bits per heavy atom. The molecule has 2 heterocycles. The largest absolute Gasteiger partial charge is 0.497 e. The Balaban J connectivity index is 1.36. The van der Waals surface area contributed by atoms with Gasteiger partial charge in [-0.3, -0.25) is 4.79 Å². The molecule has 3 aromatic carbocycles. The van der Waals surface area contributed by atoms with Crippen molar-refractivity contribution < 1.29 is 33.3 Å². The number of benzene rings is 3. The molecule has 43 heavy (non-hydrogen) atoms. The molecule has 2 N–H and O–H groups in total. The Kier molecular flexibility index (Phi) is 9.27. The fourth-order valence-corrected chi connectivity index (χ4v) is 6.07. The van der Waals surface area contributed by atoms with Crippen LogP contribution in [-0.2, 0) is 23.8 Å². The molecule has 1 amide bonds. The van der Waals surface area contributed by atoms with Gasteiger partial charge in [0.25, 0.3) is 5.91 Å². The second-order valence-electron chi connectivity index (χ2n) is 10.8. The summed E-state index contributed by atoms with van der Waals surface area (Å²) in [4.78, 5) is 41.5. The number of hydrogen-bond donors (Lipinski definition) is 2. The zero-order valence-electron chi connectivity index (χ0n) is 24.7. The number of thioether (sulfide) groups is 1. The number of allylic oxidation sites excluding steroid dienone is 1. The van der Waals surface area contributed by atoms with Crippen LogP contribution in [0.25, 0.3) is 10.8 Å². The highest BCUT2D eigenvalue weighted by molar-refractivity contribution is 7.99. The normalized spacial score (nSPS) is 21.0. The Morgan fingerprint density at radius 3 is 2.58 bits per heavy atom. The smallest absolute Gasteiger partial charge is 0.356 e. The van der Waals surface area contributed by atoms with Crippen molar-refractivity contribution in [2.24, 2.45) is 0 Å². The molecule has 2 fully saturated rings. The number of amides is 1. The van der Waals surface area contributed by atoms with Gasteiger partial charge in [-0.15, -0.1) is 11.8 Å². The number of aryl methyl sites for hydroxylation is 1. The average Bonchev–Trinajstić information content (AvgIpc) is 3.58. The minimum absolute atomic E-state index is 0.0202. The lowest BCUT2D eigenvalue weighted by Crippen LogP contribution is -2.47. The van der Waals surface area contributed by atoms with E-state index >= 15 is 0 Å². The molecule has 226 valence electrons. The zero-order chi connectivity index (χ0) is 30.6. The first-order valence-corrected chi connectivity index (χ1v) is 15.3. The van der Waals surface area contributed by atoms with E-state index in [-0.39, 0.29) is 30.5 Å². The third-order valence-corrected chi connectivity index (χ3v) is 8.78. The van der Waals surface area contributed by atoms with E-state index in [2.05, 4.69) is 22.8 Å². The van der Waals surface area contributed by atoms with Gasteiger partial charge >= 0.3 is 11.9 Å². The standard InChI is InChI=1S/C33H36N2O7S/c1-5-40-32(38)28(27-15-14-21(34-27)18-43-23-11-7-6-8-12-23)35-30(36)29(33(3)19-41-33)42-31(37)26-17-22(39-4)16-25-20(2)10-9-13-24(25)26/h6-13,16-17,21,29,34H,5,14-15,18-19H2,1-4H3,(H,35,36)/b28-27+/t21-,29-,33+/m1/s1. The van der Waals surface area contributed by atoms with E-state index in [1.165, 1.54) is 7.11 Å². The van der Waals surface area contributed by atoms with Crippen molar-refractivity contribution in [1.29, 1.82) is 0 Å². The van der Waals surface area contributed by atoms with E-state index in [4.69, 9.17) is 18.9 Å². The molecule has 5 rings (SSSR count). The highest BCUT2D eigenvalue weighted by Crippen LogP contribution is 2.35. The lowest BCUT2D eigenvalue weighted by atomic mass is 9.99. The molecule has 0 bridgehead atoms. The van der Waals surface area contributed by atoms with Crippen LogP contribution in [0.4, 0.5) is 0 Å². The van der Waals surface area contributed by atoms with Gasteiger partial charge in [-0.05, 0) is 74.2 Å². The second-order valence-corrected chi connectivity index (χ2v) is 11.9. The van der Waals surface area contributed by atoms with Crippen LogP contribution in [-0.4, -0.2) is 61.7 Å². The topological polar surface area (TPSA) is 115 Å². The quantitative estimate of drug-likeness (QED) is 0.136. The van der Waals surface area contributed by atoms with Crippen molar-refractivity contribution in [2.75, 3.05) is 26.1 Å². The van der Waals surface area contributed by atoms with Gasteiger partial charge in [0.05, 0.1) is 25.9 Å². The molecule has 10 heteroatoms. The summed E-state index contributed by atoms with van der Waals surface area (Å²) >= 11 is 1.72. The van der Waals surface area contributed by atoms with Gasteiger partial charge < -0.3 is 29.6 Å². The first kappa shape index (κ1) is 30.4. The van der Waals surface area contributed by atoms with Crippen molar-refractivity contribution in [2.45, 2.75) is 56.3 Å². The van der Waals surface area contributed by atoms with E-state index in [1.54, 1.807) is 31.7 Å². The van der Waals surface area contributed by atoms with Gasteiger partial charge in [0.2, 0.25) is 6.10 Å². The number of fused-ring (bicyclic) bond motifs is 1. The summed E-state index contributed by atoms with van der Waals surface area (Å²) in [6.07, 6.45) is 0.0269. The molecule has 9 nitrogen and oxygen atoms in total. The number of epoxide rings is 1. The summed E-state index contributed by atoms with van der Waals surface area (Å²) in [5.41, 5.74) is 0.804. The van der Waals surface area contributed by atoms with E-state index in [1.807, 2.05) is 49.4 Å². The van der Waals surface area contributed by atoms with E-state index in [0.717, 1.165) is 28.0 Å². The zero-order valence-corrected chi connectivity index (χ0v) is 25.5. The van der Waals surface area contributed by atoms with Crippen LogP contribution < -0.4 is 15.4 Å². The van der Waals surface area contributed by atoms with Crippen LogP contribution in [0.3, 0.4) is 0 Å². The maximum atomic E-state index is 13.7. The molecule has 0 aromatic heterocycles. The first-order chi connectivity index (χ1) is 20.7. The molecule has 0 radical (unpaired) electrons. The van der Waals surface area contributed by atoms with Crippen LogP contribution in [0.1, 0.15) is 42.6 Å². The Labute approximate surface area is 255 Å². The lowest BCUT2D eigenvalue weighted by molar-refractivity contribution is -0.141. The molecule has 2 aliphatic rings. The fraction of sp³-hybridized carbons (Fsp3) is 0.364. The third kappa shape index (κ3) is 6.97. The number of nitrogens with one attached hydrogen (secondary N) is 2. The molecule has 3 atom stereocenters. The van der Waals surface area contributed by atoms with Crippen molar-refractivity contribution in [3.63, 3.8) is 0 Å².